The van der Waals surface area contributed by atoms with E-state index in [9.17, 15) is 8.78 Å². The summed E-state index contributed by atoms with van der Waals surface area (Å²) in [6, 6.07) is 0.827. The van der Waals surface area contributed by atoms with Crippen LogP contribution >= 0.6 is 22.9 Å². The molecule has 6 heteroatoms. The molecule has 16 heavy (non-hydrogen) atoms. The van der Waals surface area contributed by atoms with E-state index in [-0.39, 0.29) is 0 Å². The first-order valence-corrected chi connectivity index (χ1v) is 6.41. The van der Waals surface area contributed by atoms with Crippen molar-refractivity contribution in [1.82, 2.24) is 10.2 Å². The van der Waals surface area contributed by atoms with Gasteiger partial charge in [-0.2, -0.15) is 0 Å². The van der Waals surface area contributed by atoms with Crippen molar-refractivity contribution in [3.05, 3.63) is 21.3 Å². The SMILES string of the molecule is FC(F)[C@@H](c1sccc1Cl)N1CCNCC1. The Morgan fingerprint density at radius 1 is 1.38 bits per heavy atom. The van der Waals surface area contributed by atoms with Gasteiger partial charge in [-0.25, -0.2) is 8.78 Å². The van der Waals surface area contributed by atoms with Gasteiger partial charge in [0.1, 0.15) is 6.04 Å². The molecule has 0 aliphatic carbocycles. The summed E-state index contributed by atoms with van der Waals surface area (Å²) in [5.74, 6) is 0. The first-order valence-electron chi connectivity index (χ1n) is 5.16. The van der Waals surface area contributed by atoms with Crippen LogP contribution in [0.15, 0.2) is 11.4 Å². The molecule has 1 fully saturated rings. The van der Waals surface area contributed by atoms with Crippen molar-refractivity contribution in [3.8, 4) is 0 Å². The van der Waals surface area contributed by atoms with Gasteiger partial charge in [-0.3, -0.25) is 4.90 Å². The second kappa shape index (κ2) is 5.40. The predicted molar refractivity (Wildman–Crippen MR) is 62.5 cm³/mol. The maximum absolute atomic E-state index is 13.1. The molecule has 1 N–H and O–H groups in total. The van der Waals surface area contributed by atoms with Gasteiger partial charge in [0.15, 0.2) is 0 Å². The number of piperazine rings is 1. The third-order valence-corrected chi connectivity index (χ3v) is 4.13. The highest BCUT2D eigenvalue weighted by Crippen LogP contribution is 2.36. The maximum atomic E-state index is 13.1. The van der Waals surface area contributed by atoms with Crippen molar-refractivity contribution < 1.29 is 8.78 Å². The van der Waals surface area contributed by atoms with Gasteiger partial charge in [0.25, 0.3) is 6.43 Å². The highest BCUT2D eigenvalue weighted by atomic mass is 35.5. The summed E-state index contributed by atoms with van der Waals surface area (Å²) >= 11 is 7.24. The van der Waals surface area contributed by atoms with Crippen LogP contribution in [0.1, 0.15) is 10.9 Å². The fraction of sp³-hybridized carbons (Fsp3) is 0.600. The van der Waals surface area contributed by atoms with Crippen LogP contribution in [0.4, 0.5) is 8.78 Å². The molecular weight excluding hydrogens is 254 g/mol. The number of halogens is 3. The average molecular weight is 267 g/mol. The zero-order valence-electron chi connectivity index (χ0n) is 8.63. The molecule has 2 heterocycles. The first kappa shape index (κ1) is 12.2. The zero-order valence-corrected chi connectivity index (χ0v) is 10.2. The molecular formula is C10H13ClF2N2S. The van der Waals surface area contributed by atoms with E-state index >= 15 is 0 Å². The van der Waals surface area contributed by atoms with Gasteiger partial charge >= 0.3 is 0 Å². The Bertz CT molecular complexity index is 339. The van der Waals surface area contributed by atoms with E-state index < -0.39 is 12.5 Å². The van der Waals surface area contributed by atoms with Crippen molar-refractivity contribution in [2.75, 3.05) is 26.2 Å². The van der Waals surface area contributed by atoms with Gasteiger partial charge < -0.3 is 5.32 Å². The molecule has 0 radical (unpaired) electrons. The van der Waals surface area contributed by atoms with Crippen molar-refractivity contribution in [2.24, 2.45) is 0 Å². The van der Waals surface area contributed by atoms with Crippen LogP contribution in [0.3, 0.4) is 0 Å². The molecule has 0 bridgehead atoms. The van der Waals surface area contributed by atoms with Gasteiger partial charge in [-0.05, 0) is 11.4 Å². The molecule has 0 spiro atoms. The van der Waals surface area contributed by atoms with E-state index in [1.807, 2.05) is 0 Å². The quantitative estimate of drug-likeness (QED) is 0.905. The van der Waals surface area contributed by atoms with Crippen LogP contribution in [0.5, 0.6) is 0 Å². The normalized spacial score (nSPS) is 20.2. The monoisotopic (exact) mass is 266 g/mol. The number of rotatable bonds is 3. The van der Waals surface area contributed by atoms with Crippen molar-refractivity contribution in [2.45, 2.75) is 12.5 Å². The summed E-state index contributed by atoms with van der Waals surface area (Å²) in [4.78, 5) is 2.39. The lowest BCUT2D eigenvalue weighted by molar-refractivity contribution is 0.0200. The van der Waals surface area contributed by atoms with Gasteiger partial charge in [0.05, 0.1) is 5.02 Å². The Morgan fingerprint density at radius 2 is 2.06 bits per heavy atom. The second-order valence-electron chi connectivity index (χ2n) is 3.70. The molecule has 90 valence electrons. The minimum atomic E-state index is -2.39. The minimum absolute atomic E-state index is 0.453. The van der Waals surface area contributed by atoms with Crippen LogP contribution in [0.25, 0.3) is 0 Å². The number of alkyl halides is 2. The van der Waals surface area contributed by atoms with Gasteiger partial charge in [-0.15, -0.1) is 11.3 Å². The lowest BCUT2D eigenvalue weighted by Gasteiger charge is -2.34. The molecule has 2 rings (SSSR count). The second-order valence-corrected chi connectivity index (χ2v) is 5.05. The molecule has 1 aromatic heterocycles. The molecule has 0 unspecified atom stereocenters. The standard InChI is InChI=1S/C10H13ClF2N2S/c11-7-1-6-16-9(7)8(10(12)13)15-4-2-14-3-5-15/h1,6,8,10,14H,2-5H2/t8-/m1/s1. The highest BCUT2D eigenvalue weighted by molar-refractivity contribution is 7.10. The van der Waals surface area contributed by atoms with E-state index in [0.717, 1.165) is 13.1 Å². The largest absolute Gasteiger partial charge is 0.314 e. The molecule has 0 amide bonds. The molecule has 1 aliphatic rings. The molecule has 1 aromatic rings. The highest BCUT2D eigenvalue weighted by Gasteiger charge is 2.32. The third kappa shape index (κ3) is 2.53. The zero-order chi connectivity index (χ0) is 11.5. The Hall–Kier alpha value is -0.230. The minimum Gasteiger partial charge on any atom is -0.314 e. The smallest absolute Gasteiger partial charge is 0.258 e. The van der Waals surface area contributed by atoms with Crippen LogP contribution in [-0.2, 0) is 0 Å². The lowest BCUT2D eigenvalue weighted by atomic mass is 10.2. The number of hydrogen-bond donors (Lipinski definition) is 1. The average Bonchev–Trinajstić information content (AvgIpc) is 2.66. The summed E-state index contributed by atoms with van der Waals surface area (Å²) in [5.41, 5.74) is 0. The van der Waals surface area contributed by atoms with Crippen LogP contribution < -0.4 is 5.32 Å². The molecule has 2 nitrogen and oxygen atoms in total. The van der Waals surface area contributed by atoms with E-state index in [4.69, 9.17) is 11.6 Å². The number of thiophene rings is 1. The maximum Gasteiger partial charge on any atom is 0.258 e. The van der Waals surface area contributed by atoms with Crippen molar-refractivity contribution >= 4 is 22.9 Å². The molecule has 1 atom stereocenters. The fourth-order valence-electron chi connectivity index (χ4n) is 1.92. The van der Waals surface area contributed by atoms with E-state index in [0.29, 0.717) is 23.0 Å². The van der Waals surface area contributed by atoms with Crippen molar-refractivity contribution in [1.29, 1.82) is 0 Å². The third-order valence-electron chi connectivity index (χ3n) is 2.70. The van der Waals surface area contributed by atoms with E-state index in [1.54, 1.807) is 16.3 Å². The molecule has 0 saturated carbocycles. The number of nitrogens with one attached hydrogen (secondary N) is 1. The Labute approximate surface area is 102 Å². The molecule has 1 aliphatic heterocycles. The number of hydrogen-bond acceptors (Lipinski definition) is 3. The topological polar surface area (TPSA) is 15.3 Å². The molecule has 1 saturated heterocycles. The van der Waals surface area contributed by atoms with Gasteiger partial charge in [-0.1, -0.05) is 11.6 Å². The fourth-order valence-corrected chi connectivity index (χ4v) is 3.22. The van der Waals surface area contributed by atoms with Gasteiger partial charge in [0, 0.05) is 31.1 Å². The number of nitrogens with zero attached hydrogens (tertiary/aromatic N) is 1. The predicted octanol–water partition coefficient (Wildman–Crippen LogP) is 2.61. The first-order chi connectivity index (χ1) is 7.70. The van der Waals surface area contributed by atoms with Crippen LogP contribution in [0, 0.1) is 0 Å². The summed E-state index contributed by atoms with van der Waals surface area (Å²) in [7, 11) is 0. The Balaban J connectivity index is 2.19. The van der Waals surface area contributed by atoms with E-state index in [2.05, 4.69) is 5.32 Å². The van der Waals surface area contributed by atoms with Gasteiger partial charge in [0.2, 0.25) is 0 Å². The summed E-state index contributed by atoms with van der Waals surface area (Å²) in [6.45, 7) is 2.80. The Morgan fingerprint density at radius 3 is 2.56 bits per heavy atom. The molecule has 0 aromatic carbocycles. The van der Waals surface area contributed by atoms with Crippen LogP contribution in [0.2, 0.25) is 5.02 Å². The van der Waals surface area contributed by atoms with Crippen molar-refractivity contribution in [3.63, 3.8) is 0 Å². The van der Waals surface area contributed by atoms with E-state index in [1.165, 1.54) is 11.3 Å². The lowest BCUT2D eigenvalue weighted by Crippen LogP contribution is -2.46. The van der Waals surface area contributed by atoms with Crippen LogP contribution in [-0.4, -0.2) is 37.5 Å². The summed E-state index contributed by atoms with van der Waals surface area (Å²) in [5, 5.41) is 5.36. The summed E-state index contributed by atoms with van der Waals surface area (Å²) in [6.07, 6.45) is -2.39. The Kier molecular flexibility index (Phi) is 4.13. The summed E-state index contributed by atoms with van der Waals surface area (Å²) < 4.78 is 26.2.